The number of imidazole rings is 1. The Labute approximate surface area is 154 Å². The van der Waals surface area contributed by atoms with Gasteiger partial charge in [0.1, 0.15) is 12.1 Å². The molecule has 5 heteroatoms. The van der Waals surface area contributed by atoms with Gasteiger partial charge in [-0.25, -0.2) is 4.98 Å². The number of fused-ring (bicyclic) bond motifs is 3. The maximum absolute atomic E-state index is 12.2. The fourth-order valence-electron chi connectivity index (χ4n) is 4.49. The Bertz CT molecular complexity index is 777. The van der Waals surface area contributed by atoms with E-state index in [0.29, 0.717) is 5.92 Å². The molecule has 1 fully saturated rings. The summed E-state index contributed by atoms with van der Waals surface area (Å²) in [5, 5.41) is 0. The van der Waals surface area contributed by atoms with E-state index in [0.717, 1.165) is 25.0 Å². The van der Waals surface area contributed by atoms with Gasteiger partial charge in [-0.2, -0.15) is 0 Å². The first-order chi connectivity index (χ1) is 12.6. The second kappa shape index (κ2) is 7.23. The van der Waals surface area contributed by atoms with Crippen molar-refractivity contribution in [2.45, 2.75) is 63.6 Å². The molecule has 4 rings (SSSR count). The molecule has 3 atom stereocenters. The van der Waals surface area contributed by atoms with Gasteiger partial charge in [-0.15, -0.1) is 0 Å². The molecule has 2 aliphatic rings. The molecule has 1 aromatic carbocycles. The topological polar surface area (TPSA) is 70.1 Å². The highest BCUT2D eigenvalue weighted by molar-refractivity contribution is 5.75. The van der Waals surface area contributed by atoms with E-state index < -0.39 is 6.04 Å². The van der Waals surface area contributed by atoms with Crippen LogP contribution in [0.2, 0.25) is 0 Å². The lowest BCUT2D eigenvalue weighted by atomic mass is 9.82. The van der Waals surface area contributed by atoms with Crippen molar-refractivity contribution in [2.24, 2.45) is 11.7 Å². The average molecular weight is 353 g/mol. The second-order valence-electron chi connectivity index (χ2n) is 7.69. The predicted octanol–water partition coefficient (Wildman–Crippen LogP) is 3.68. The molecule has 1 aliphatic carbocycles. The zero-order valence-corrected chi connectivity index (χ0v) is 15.3. The summed E-state index contributed by atoms with van der Waals surface area (Å²) in [6, 6.07) is 8.05. The Morgan fingerprint density at radius 2 is 2.08 bits per heavy atom. The molecule has 0 saturated heterocycles. The Hall–Kier alpha value is -2.14. The van der Waals surface area contributed by atoms with Crippen molar-refractivity contribution >= 4 is 5.97 Å². The molecule has 138 valence electrons. The lowest BCUT2D eigenvalue weighted by Gasteiger charge is -2.32. The Morgan fingerprint density at radius 3 is 2.85 bits per heavy atom. The van der Waals surface area contributed by atoms with E-state index in [-0.39, 0.29) is 18.1 Å². The minimum absolute atomic E-state index is 0.0970. The van der Waals surface area contributed by atoms with Crippen molar-refractivity contribution < 1.29 is 9.53 Å². The van der Waals surface area contributed by atoms with E-state index in [1.54, 1.807) is 6.92 Å². The Balaban J connectivity index is 1.62. The molecule has 2 aromatic rings. The van der Waals surface area contributed by atoms with E-state index in [4.69, 9.17) is 10.5 Å². The third-order valence-electron chi connectivity index (χ3n) is 5.87. The smallest absolute Gasteiger partial charge is 0.322 e. The zero-order chi connectivity index (χ0) is 18.1. The first-order valence-corrected chi connectivity index (χ1v) is 9.72. The molecule has 1 aromatic heterocycles. The van der Waals surface area contributed by atoms with Crippen LogP contribution in [0.3, 0.4) is 0 Å². The molecule has 1 aliphatic heterocycles. The third kappa shape index (κ3) is 3.16. The summed E-state index contributed by atoms with van der Waals surface area (Å²) in [6.07, 6.45) is 10.5. The van der Waals surface area contributed by atoms with Crippen LogP contribution in [0.1, 0.15) is 57.1 Å². The number of esters is 1. The van der Waals surface area contributed by atoms with Gasteiger partial charge < -0.3 is 15.0 Å². The molecule has 2 N–H and O–H groups in total. The van der Waals surface area contributed by atoms with Crippen LogP contribution >= 0.6 is 0 Å². The molecular formula is C21H27N3O2. The van der Waals surface area contributed by atoms with Gasteiger partial charge in [0.05, 0.1) is 24.3 Å². The van der Waals surface area contributed by atoms with E-state index in [9.17, 15) is 4.79 Å². The van der Waals surface area contributed by atoms with Crippen LogP contribution < -0.4 is 5.73 Å². The fourth-order valence-corrected chi connectivity index (χ4v) is 4.49. The molecule has 0 amide bonds. The standard InChI is InChI=1S/C21H27N3O2/c1-14(22)21(25)26-20(15-7-3-2-4-8-15)11-18-16-9-5-6-10-17(16)19-12-23-13-24(18)19/h5-6,9-10,12-15,18,20H,2-4,7-8,11,22H2,1H3. The van der Waals surface area contributed by atoms with Crippen LogP contribution in [0.25, 0.3) is 11.3 Å². The van der Waals surface area contributed by atoms with Gasteiger partial charge in [0, 0.05) is 12.0 Å². The Morgan fingerprint density at radius 1 is 1.31 bits per heavy atom. The summed E-state index contributed by atoms with van der Waals surface area (Å²) in [7, 11) is 0. The average Bonchev–Trinajstić information content (AvgIpc) is 3.24. The van der Waals surface area contributed by atoms with Crippen molar-refractivity contribution in [1.29, 1.82) is 0 Å². The largest absolute Gasteiger partial charge is 0.461 e. The number of benzene rings is 1. The number of nitrogens with two attached hydrogens (primary N) is 1. The number of carbonyl (C=O) groups is 1. The molecular weight excluding hydrogens is 326 g/mol. The molecule has 1 saturated carbocycles. The zero-order valence-electron chi connectivity index (χ0n) is 15.3. The van der Waals surface area contributed by atoms with E-state index in [2.05, 4.69) is 33.8 Å². The fraction of sp³-hybridized carbons (Fsp3) is 0.524. The molecule has 2 heterocycles. The normalized spacial score (nSPS) is 21.7. The van der Waals surface area contributed by atoms with Gasteiger partial charge in [-0.05, 0) is 31.2 Å². The minimum Gasteiger partial charge on any atom is -0.461 e. The van der Waals surface area contributed by atoms with Gasteiger partial charge in [0.15, 0.2) is 0 Å². The quantitative estimate of drug-likeness (QED) is 0.833. The van der Waals surface area contributed by atoms with Crippen molar-refractivity contribution in [3.05, 3.63) is 42.4 Å². The summed E-state index contributed by atoms with van der Waals surface area (Å²) < 4.78 is 8.14. The van der Waals surface area contributed by atoms with Gasteiger partial charge in [0.2, 0.25) is 0 Å². The number of nitrogens with zero attached hydrogens (tertiary/aromatic N) is 2. The number of carbonyl (C=O) groups excluding carboxylic acids is 1. The van der Waals surface area contributed by atoms with E-state index in [1.165, 1.54) is 30.4 Å². The van der Waals surface area contributed by atoms with Gasteiger partial charge >= 0.3 is 5.97 Å². The highest BCUT2D eigenvalue weighted by Gasteiger charge is 2.35. The predicted molar refractivity (Wildman–Crippen MR) is 101 cm³/mol. The summed E-state index contributed by atoms with van der Waals surface area (Å²) in [6.45, 7) is 1.69. The van der Waals surface area contributed by atoms with Crippen molar-refractivity contribution in [3.8, 4) is 11.3 Å². The monoisotopic (exact) mass is 353 g/mol. The van der Waals surface area contributed by atoms with Crippen LogP contribution in [0.5, 0.6) is 0 Å². The lowest BCUT2D eigenvalue weighted by molar-refractivity contribution is -0.154. The highest BCUT2D eigenvalue weighted by Crippen LogP contribution is 2.43. The van der Waals surface area contributed by atoms with Crippen molar-refractivity contribution in [2.75, 3.05) is 0 Å². The van der Waals surface area contributed by atoms with Crippen molar-refractivity contribution in [1.82, 2.24) is 9.55 Å². The molecule has 0 spiro atoms. The Kier molecular flexibility index (Phi) is 4.81. The number of rotatable bonds is 5. The van der Waals surface area contributed by atoms with Gasteiger partial charge in [0.25, 0.3) is 0 Å². The van der Waals surface area contributed by atoms with E-state index >= 15 is 0 Å². The maximum Gasteiger partial charge on any atom is 0.322 e. The maximum atomic E-state index is 12.2. The third-order valence-corrected chi connectivity index (χ3v) is 5.87. The van der Waals surface area contributed by atoms with Crippen LogP contribution in [-0.4, -0.2) is 27.7 Å². The minimum atomic E-state index is -0.583. The van der Waals surface area contributed by atoms with Crippen LogP contribution in [0.4, 0.5) is 0 Å². The molecule has 26 heavy (non-hydrogen) atoms. The van der Waals surface area contributed by atoms with Crippen LogP contribution in [-0.2, 0) is 9.53 Å². The van der Waals surface area contributed by atoms with Gasteiger partial charge in [-0.3, -0.25) is 4.79 Å². The molecule has 0 bridgehead atoms. The molecule has 0 radical (unpaired) electrons. The number of hydrogen-bond donors (Lipinski definition) is 1. The van der Waals surface area contributed by atoms with Crippen LogP contribution in [0.15, 0.2) is 36.8 Å². The summed E-state index contributed by atoms with van der Waals surface area (Å²) in [5.41, 5.74) is 9.44. The first-order valence-electron chi connectivity index (χ1n) is 9.72. The summed E-state index contributed by atoms with van der Waals surface area (Å²) in [5.74, 6) is 0.129. The van der Waals surface area contributed by atoms with Crippen LogP contribution in [0, 0.1) is 5.92 Å². The summed E-state index contributed by atoms with van der Waals surface area (Å²) in [4.78, 5) is 16.6. The molecule has 5 nitrogen and oxygen atoms in total. The summed E-state index contributed by atoms with van der Waals surface area (Å²) >= 11 is 0. The van der Waals surface area contributed by atoms with E-state index in [1.807, 2.05) is 12.5 Å². The molecule has 3 unspecified atom stereocenters. The van der Waals surface area contributed by atoms with Crippen molar-refractivity contribution in [3.63, 3.8) is 0 Å². The number of aromatic nitrogens is 2. The SMILES string of the molecule is CC(N)C(=O)OC(CC1c2ccccc2-c2cncn21)C1CCCCC1. The van der Waals surface area contributed by atoms with Gasteiger partial charge in [-0.1, -0.05) is 43.5 Å². The first kappa shape index (κ1) is 17.3. The number of ether oxygens (including phenoxy) is 1. The highest BCUT2D eigenvalue weighted by atomic mass is 16.5. The second-order valence-corrected chi connectivity index (χ2v) is 7.69. The number of hydrogen-bond acceptors (Lipinski definition) is 4. The lowest BCUT2D eigenvalue weighted by Crippen LogP contribution is -2.37.